The quantitative estimate of drug-likeness (QED) is 0.811. The molecule has 1 aliphatic rings. The first kappa shape index (κ1) is 13.3. The number of carbonyl (C=O) groups excluding carboxylic acids is 1. The third kappa shape index (κ3) is 2.81. The number of carbonyl (C=O) groups is 1. The van der Waals surface area contributed by atoms with Gasteiger partial charge in [-0.15, -0.1) is 0 Å². The van der Waals surface area contributed by atoms with Gasteiger partial charge in [-0.2, -0.15) is 0 Å². The number of nitrogens with one attached hydrogen (secondary N) is 1. The first-order chi connectivity index (χ1) is 8.52. The molecule has 0 aliphatic heterocycles. The molecular formula is C12H19N3O2S. The highest BCUT2D eigenvalue weighted by molar-refractivity contribution is 7.09. The molecule has 100 valence electrons. The van der Waals surface area contributed by atoms with Crippen LogP contribution >= 0.6 is 11.3 Å². The number of hydrogen-bond acceptors (Lipinski definition) is 4. The second-order valence-electron chi connectivity index (χ2n) is 4.84. The summed E-state index contributed by atoms with van der Waals surface area (Å²) in [6.45, 7) is 4.32. The molecule has 3 N–H and O–H groups in total. The Hall–Kier alpha value is -1.14. The molecule has 18 heavy (non-hydrogen) atoms. The molecule has 0 spiro atoms. The first-order valence-electron chi connectivity index (χ1n) is 6.19. The number of nitrogens with zero attached hydrogens (tertiary/aromatic N) is 1. The zero-order chi connectivity index (χ0) is 13.3. The summed E-state index contributed by atoms with van der Waals surface area (Å²) in [4.78, 5) is 24.5. The number of nitrogens with two attached hydrogens (primary N) is 1. The standard InChI is InChI=1S/C12H19N3O2S/c1-7-8(2)18-12(17)15(7)6-11(16)14-10(5-13)9-3-4-9/h9-10H,3-6,13H2,1-2H3,(H,14,16). The van der Waals surface area contributed by atoms with E-state index in [4.69, 9.17) is 5.73 Å². The van der Waals surface area contributed by atoms with E-state index in [0.29, 0.717) is 12.5 Å². The molecule has 2 rings (SSSR count). The van der Waals surface area contributed by atoms with Crippen LogP contribution in [0.25, 0.3) is 0 Å². The van der Waals surface area contributed by atoms with Crippen LogP contribution in [-0.2, 0) is 11.3 Å². The Bertz CT molecular complexity index is 502. The van der Waals surface area contributed by atoms with E-state index in [0.717, 1.165) is 23.4 Å². The fraction of sp³-hybridized carbons (Fsp3) is 0.667. The Morgan fingerprint density at radius 1 is 1.56 bits per heavy atom. The van der Waals surface area contributed by atoms with Crippen LogP contribution in [0.1, 0.15) is 23.4 Å². The lowest BCUT2D eigenvalue weighted by atomic mass is 10.2. The molecule has 0 radical (unpaired) electrons. The van der Waals surface area contributed by atoms with E-state index in [9.17, 15) is 9.59 Å². The van der Waals surface area contributed by atoms with Crippen molar-refractivity contribution in [1.82, 2.24) is 9.88 Å². The van der Waals surface area contributed by atoms with Crippen molar-refractivity contribution in [3.8, 4) is 0 Å². The van der Waals surface area contributed by atoms with Gasteiger partial charge in [-0.3, -0.25) is 14.2 Å². The van der Waals surface area contributed by atoms with Crippen LogP contribution in [0, 0.1) is 19.8 Å². The van der Waals surface area contributed by atoms with Gasteiger partial charge in [0.25, 0.3) is 0 Å². The van der Waals surface area contributed by atoms with E-state index >= 15 is 0 Å². The van der Waals surface area contributed by atoms with Crippen LogP contribution < -0.4 is 15.9 Å². The Morgan fingerprint density at radius 2 is 2.22 bits per heavy atom. The van der Waals surface area contributed by atoms with Crippen LogP contribution in [0.3, 0.4) is 0 Å². The highest BCUT2D eigenvalue weighted by Gasteiger charge is 2.31. The van der Waals surface area contributed by atoms with Gasteiger partial charge in [0, 0.05) is 23.2 Å². The largest absolute Gasteiger partial charge is 0.350 e. The summed E-state index contributed by atoms with van der Waals surface area (Å²) in [7, 11) is 0. The predicted octanol–water partition coefficient (Wildman–Crippen LogP) is 0.380. The normalized spacial score (nSPS) is 16.6. The second-order valence-corrected chi connectivity index (χ2v) is 6.01. The molecule has 0 saturated heterocycles. The van der Waals surface area contributed by atoms with Crippen molar-refractivity contribution in [3.05, 3.63) is 20.2 Å². The topological polar surface area (TPSA) is 77.1 Å². The molecule has 0 aromatic carbocycles. The van der Waals surface area contributed by atoms with Gasteiger partial charge < -0.3 is 11.1 Å². The smallest absolute Gasteiger partial charge is 0.308 e. The number of aryl methyl sites for hydroxylation is 1. The first-order valence-corrected chi connectivity index (χ1v) is 7.00. The molecule has 1 heterocycles. The summed E-state index contributed by atoms with van der Waals surface area (Å²) in [5.74, 6) is 0.404. The highest BCUT2D eigenvalue weighted by Crippen LogP contribution is 2.32. The summed E-state index contributed by atoms with van der Waals surface area (Å²) in [6, 6.07) is 0.0632. The average molecular weight is 269 g/mol. The van der Waals surface area contributed by atoms with Crippen LogP contribution in [0.2, 0.25) is 0 Å². The summed E-state index contributed by atoms with van der Waals surface area (Å²) < 4.78 is 1.52. The molecule has 1 fully saturated rings. The summed E-state index contributed by atoms with van der Waals surface area (Å²) >= 11 is 1.18. The number of hydrogen-bond donors (Lipinski definition) is 2. The van der Waals surface area contributed by atoms with E-state index in [2.05, 4.69) is 5.32 Å². The van der Waals surface area contributed by atoms with Crippen molar-refractivity contribution < 1.29 is 4.79 Å². The molecule has 6 heteroatoms. The average Bonchev–Trinajstić information content (AvgIpc) is 3.12. The SMILES string of the molecule is Cc1sc(=O)n(CC(=O)NC(CN)C2CC2)c1C. The van der Waals surface area contributed by atoms with Crippen LogP contribution in [0.4, 0.5) is 0 Å². The van der Waals surface area contributed by atoms with Crippen molar-refractivity contribution in [1.29, 1.82) is 0 Å². The zero-order valence-electron chi connectivity index (χ0n) is 10.7. The molecule has 1 atom stereocenters. The van der Waals surface area contributed by atoms with Gasteiger partial charge in [-0.25, -0.2) is 0 Å². The molecule has 1 aromatic heterocycles. The fourth-order valence-electron chi connectivity index (χ4n) is 2.03. The maximum Gasteiger partial charge on any atom is 0.308 e. The van der Waals surface area contributed by atoms with Gasteiger partial charge in [0.2, 0.25) is 5.91 Å². The Labute approximate surface area is 110 Å². The van der Waals surface area contributed by atoms with E-state index < -0.39 is 0 Å². The van der Waals surface area contributed by atoms with Crippen LogP contribution in [0.5, 0.6) is 0 Å². The summed E-state index contributed by atoms with van der Waals surface area (Å²) in [6.07, 6.45) is 2.28. The third-order valence-corrected chi connectivity index (χ3v) is 4.46. The zero-order valence-corrected chi connectivity index (χ0v) is 11.5. The molecule has 1 unspecified atom stereocenters. The van der Waals surface area contributed by atoms with E-state index in [1.54, 1.807) is 0 Å². The van der Waals surface area contributed by atoms with Gasteiger partial charge in [0.1, 0.15) is 6.54 Å². The number of rotatable bonds is 5. The van der Waals surface area contributed by atoms with Crippen LogP contribution in [-0.4, -0.2) is 23.1 Å². The molecular weight excluding hydrogens is 250 g/mol. The molecule has 1 saturated carbocycles. The molecule has 1 aromatic rings. The third-order valence-electron chi connectivity index (χ3n) is 3.47. The predicted molar refractivity (Wildman–Crippen MR) is 71.8 cm³/mol. The number of thiazole rings is 1. The minimum absolute atomic E-state index is 0.0632. The number of amides is 1. The van der Waals surface area contributed by atoms with Crippen molar-refractivity contribution >= 4 is 17.2 Å². The molecule has 1 amide bonds. The maximum atomic E-state index is 11.9. The van der Waals surface area contributed by atoms with Crippen molar-refractivity contribution in [2.75, 3.05) is 6.54 Å². The maximum absolute atomic E-state index is 11.9. The van der Waals surface area contributed by atoms with Crippen LogP contribution in [0.15, 0.2) is 4.79 Å². The minimum atomic E-state index is -0.125. The summed E-state index contributed by atoms with van der Waals surface area (Å²) in [5, 5.41) is 2.92. The van der Waals surface area contributed by atoms with Gasteiger partial charge in [-0.05, 0) is 32.6 Å². The van der Waals surface area contributed by atoms with E-state index in [-0.39, 0.29) is 23.4 Å². The molecule has 5 nitrogen and oxygen atoms in total. The van der Waals surface area contributed by atoms with E-state index in [1.165, 1.54) is 15.9 Å². The molecule has 0 bridgehead atoms. The summed E-state index contributed by atoms with van der Waals surface area (Å²) in [5.41, 5.74) is 6.51. The monoisotopic (exact) mass is 269 g/mol. The lowest BCUT2D eigenvalue weighted by molar-refractivity contribution is -0.122. The Morgan fingerprint density at radius 3 is 2.67 bits per heavy atom. The second kappa shape index (κ2) is 5.24. The van der Waals surface area contributed by atoms with Gasteiger partial charge in [0.15, 0.2) is 0 Å². The van der Waals surface area contributed by atoms with E-state index in [1.807, 2.05) is 13.8 Å². The molecule has 1 aliphatic carbocycles. The highest BCUT2D eigenvalue weighted by atomic mass is 32.1. The van der Waals surface area contributed by atoms with Gasteiger partial charge >= 0.3 is 4.87 Å². The van der Waals surface area contributed by atoms with Gasteiger partial charge in [-0.1, -0.05) is 11.3 Å². The minimum Gasteiger partial charge on any atom is -0.350 e. The lowest BCUT2D eigenvalue weighted by Gasteiger charge is -2.16. The van der Waals surface area contributed by atoms with Crippen molar-refractivity contribution in [2.45, 2.75) is 39.3 Å². The lowest BCUT2D eigenvalue weighted by Crippen LogP contribution is -2.43. The van der Waals surface area contributed by atoms with Crippen molar-refractivity contribution in [2.24, 2.45) is 11.7 Å². The fourth-order valence-corrected chi connectivity index (χ4v) is 2.87. The number of aromatic nitrogens is 1. The van der Waals surface area contributed by atoms with Crippen molar-refractivity contribution in [3.63, 3.8) is 0 Å². The Balaban J connectivity index is 2.00. The van der Waals surface area contributed by atoms with Gasteiger partial charge in [0.05, 0.1) is 0 Å². The Kier molecular flexibility index (Phi) is 3.87.